The maximum Gasteiger partial charge on any atom is 0.240 e. The Morgan fingerprint density at radius 2 is 2.04 bits per heavy atom. The summed E-state index contributed by atoms with van der Waals surface area (Å²) in [5.41, 5.74) is 1.71. The number of para-hydroxylation sites is 2. The summed E-state index contributed by atoms with van der Waals surface area (Å²) >= 11 is 12.1. The lowest BCUT2D eigenvalue weighted by Crippen LogP contribution is -2.35. The van der Waals surface area contributed by atoms with Gasteiger partial charge < -0.3 is 14.6 Å². The van der Waals surface area contributed by atoms with Gasteiger partial charge in [-0.25, -0.2) is 4.98 Å². The van der Waals surface area contributed by atoms with E-state index < -0.39 is 0 Å². The highest BCUT2D eigenvalue weighted by Crippen LogP contribution is 2.28. The fourth-order valence-electron chi connectivity index (χ4n) is 3.12. The van der Waals surface area contributed by atoms with Crippen LogP contribution in [0.3, 0.4) is 0 Å². The van der Waals surface area contributed by atoms with Crippen LogP contribution in [0.25, 0.3) is 11.0 Å². The van der Waals surface area contributed by atoms with E-state index in [9.17, 15) is 4.79 Å². The second-order valence-electron chi connectivity index (χ2n) is 6.72. The molecule has 1 heterocycles. The lowest BCUT2D eigenvalue weighted by molar-refractivity contribution is -0.122. The first-order valence-corrected chi connectivity index (χ1v) is 10.0. The molecule has 1 aromatic heterocycles. The number of fused-ring (bicyclic) bond motifs is 1. The largest absolute Gasteiger partial charge is 0.484 e. The molecule has 7 heteroatoms. The molecule has 0 aliphatic carbocycles. The topological polar surface area (TPSA) is 56.2 Å². The monoisotopic (exact) mass is 419 g/mol. The van der Waals surface area contributed by atoms with Gasteiger partial charge in [0.05, 0.1) is 16.1 Å². The van der Waals surface area contributed by atoms with Gasteiger partial charge in [-0.2, -0.15) is 0 Å². The molecule has 2 aromatic carbocycles. The number of aromatic nitrogens is 2. The average molecular weight is 420 g/mol. The minimum atomic E-state index is -0.0464. The molecule has 0 aliphatic rings. The lowest BCUT2D eigenvalue weighted by Gasteiger charge is -2.15. The fraction of sp³-hybridized carbons (Fsp3) is 0.333. The van der Waals surface area contributed by atoms with E-state index >= 15 is 0 Å². The summed E-state index contributed by atoms with van der Waals surface area (Å²) < 4.78 is 7.73. The zero-order valence-electron chi connectivity index (χ0n) is 15.9. The summed E-state index contributed by atoms with van der Waals surface area (Å²) in [5, 5.41) is 4.01. The van der Waals surface area contributed by atoms with Gasteiger partial charge in [0.25, 0.3) is 0 Å². The number of carbonyl (C=O) groups excluding carboxylic acids is 1. The van der Waals surface area contributed by atoms with E-state index in [1.54, 1.807) is 18.2 Å². The van der Waals surface area contributed by atoms with Crippen molar-refractivity contribution in [3.63, 3.8) is 0 Å². The highest BCUT2D eigenvalue weighted by molar-refractivity contribution is 6.35. The zero-order valence-corrected chi connectivity index (χ0v) is 17.4. The van der Waals surface area contributed by atoms with Gasteiger partial charge in [0.15, 0.2) is 0 Å². The number of halogens is 2. The smallest absolute Gasteiger partial charge is 0.240 e. The molecule has 28 heavy (non-hydrogen) atoms. The van der Waals surface area contributed by atoms with Crippen molar-refractivity contribution >= 4 is 40.1 Å². The fourth-order valence-corrected chi connectivity index (χ4v) is 3.58. The molecule has 0 spiro atoms. The Hall–Kier alpha value is -2.24. The molecule has 1 amide bonds. The van der Waals surface area contributed by atoms with Crippen LogP contribution in [0.1, 0.15) is 32.5 Å². The number of amides is 1. The standard InChI is InChI=1S/C21H23Cl2N3O2/c1-3-6-14(2)24-21(27)12-26-18-8-5-4-7-17(18)25-20(26)13-28-19-10-9-15(22)11-16(19)23/h4-5,7-11,14H,3,6,12-13H2,1-2H3,(H,24,27)/t14-/m0/s1. The molecule has 148 valence electrons. The van der Waals surface area contributed by atoms with Crippen LogP contribution in [-0.2, 0) is 17.9 Å². The first-order chi connectivity index (χ1) is 13.5. The van der Waals surface area contributed by atoms with Crippen molar-refractivity contribution in [2.75, 3.05) is 0 Å². The van der Waals surface area contributed by atoms with E-state index in [4.69, 9.17) is 27.9 Å². The maximum absolute atomic E-state index is 12.5. The number of hydrogen-bond donors (Lipinski definition) is 1. The maximum atomic E-state index is 12.5. The van der Waals surface area contributed by atoms with Crippen LogP contribution in [-0.4, -0.2) is 21.5 Å². The van der Waals surface area contributed by atoms with Crippen LogP contribution in [0.15, 0.2) is 42.5 Å². The Bertz CT molecular complexity index is 971. The molecule has 5 nitrogen and oxygen atoms in total. The molecule has 3 rings (SSSR count). The number of ether oxygens (including phenoxy) is 1. The van der Waals surface area contributed by atoms with Crippen LogP contribution in [0, 0.1) is 0 Å². The van der Waals surface area contributed by atoms with E-state index in [2.05, 4.69) is 17.2 Å². The second kappa shape index (κ2) is 9.30. The summed E-state index contributed by atoms with van der Waals surface area (Å²) in [4.78, 5) is 17.2. The van der Waals surface area contributed by atoms with Gasteiger partial charge in [0.2, 0.25) is 5.91 Å². The summed E-state index contributed by atoms with van der Waals surface area (Å²) in [7, 11) is 0. The summed E-state index contributed by atoms with van der Waals surface area (Å²) in [6.45, 7) is 4.48. The molecule has 0 fully saturated rings. The van der Waals surface area contributed by atoms with Crippen molar-refractivity contribution in [2.45, 2.75) is 45.9 Å². The lowest BCUT2D eigenvalue weighted by atomic mass is 10.2. The van der Waals surface area contributed by atoms with E-state index in [1.165, 1.54) is 0 Å². The van der Waals surface area contributed by atoms with Crippen molar-refractivity contribution in [1.82, 2.24) is 14.9 Å². The van der Waals surface area contributed by atoms with Crippen molar-refractivity contribution in [1.29, 1.82) is 0 Å². The van der Waals surface area contributed by atoms with Crippen LogP contribution in [0.4, 0.5) is 0 Å². The Morgan fingerprint density at radius 3 is 2.79 bits per heavy atom. The molecule has 0 aliphatic heterocycles. The SMILES string of the molecule is CCC[C@H](C)NC(=O)Cn1c(COc2ccc(Cl)cc2Cl)nc2ccccc21. The van der Waals surface area contributed by atoms with Crippen LogP contribution >= 0.6 is 23.2 Å². The number of carbonyl (C=O) groups is 1. The minimum Gasteiger partial charge on any atom is -0.484 e. The Balaban J connectivity index is 1.81. The number of benzene rings is 2. The van der Waals surface area contributed by atoms with Gasteiger partial charge in [0, 0.05) is 11.1 Å². The third-order valence-electron chi connectivity index (χ3n) is 4.42. The second-order valence-corrected chi connectivity index (χ2v) is 7.57. The number of imidazole rings is 1. The minimum absolute atomic E-state index is 0.0464. The number of nitrogens with one attached hydrogen (secondary N) is 1. The highest BCUT2D eigenvalue weighted by Gasteiger charge is 2.16. The van der Waals surface area contributed by atoms with Crippen LogP contribution in [0.5, 0.6) is 5.75 Å². The Labute approximate surface area is 174 Å². The third-order valence-corrected chi connectivity index (χ3v) is 4.95. The first kappa shape index (κ1) is 20.5. The van der Waals surface area contributed by atoms with E-state index in [0.29, 0.717) is 21.6 Å². The van der Waals surface area contributed by atoms with E-state index in [-0.39, 0.29) is 25.1 Å². The van der Waals surface area contributed by atoms with Crippen molar-refractivity contribution in [3.05, 3.63) is 58.3 Å². The predicted molar refractivity (Wildman–Crippen MR) is 113 cm³/mol. The van der Waals surface area contributed by atoms with Gasteiger partial charge in [-0.15, -0.1) is 0 Å². The Morgan fingerprint density at radius 1 is 1.25 bits per heavy atom. The van der Waals surface area contributed by atoms with Crippen LogP contribution < -0.4 is 10.1 Å². The number of nitrogens with zero attached hydrogens (tertiary/aromatic N) is 2. The third kappa shape index (κ3) is 4.97. The van der Waals surface area contributed by atoms with Crippen molar-refractivity contribution in [3.8, 4) is 5.75 Å². The molecular weight excluding hydrogens is 397 g/mol. The van der Waals surface area contributed by atoms with Gasteiger partial charge in [-0.05, 0) is 43.7 Å². The van der Waals surface area contributed by atoms with Gasteiger partial charge in [-0.3, -0.25) is 4.79 Å². The number of rotatable bonds is 8. The predicted octanol–water partition coefficient (Wildman–Crippen LogP) is 5.23. The van der Waals surface area contributed by atoms with Gasteiger partial charge >= 0.3 is 0 Å². The molecule has 0 unspecified atom stereocenters. The van der Waals surface area contributed by atoms with E-state index in [0.717, 1.165) is 23.9 Å². The zero-order chi connectivity index (χ0) is 20.1. The first-order valence-electron chi connectivity index (χ1n) is 9.29. The summed E-state index contributed by atoms with van der Waals surface area (Å²) in [5.74, 6) is 1.13. The number of hydrogen-bond acceptors (Lipinski definition) is 3. The van der Waals surface area contributed by atoms with Crippen LogP contribution in [0.2, 0.25) is 10.0 Å². The molecule has 1 atom stereocenters. The normalized spacial score (nSPS) is 12.1. The summed E-state index contributed by atoms with van der Waals surface area (Å²) in [6, 6.07) is 12.9. The molecule has 3 aromatic rings. The van der Waals surface area contributed by atoms with Crippen molar-refractivity contribution < 1.29 is 9.53 Å². The van der Waals surface area contributed by atoms with Crippen molar-refractivity contribution in [2.24, 2.45) is 0 Å². The van der Waals surface area contributed by atoms with Gasteiger partial charge in [0.1, 0.15) is 24.7 Å². The molecule has 0 saturated heterocycles. The Kier molecular flexibility index (Phi) is 6.81. The van der Waals surface area contributed by atoms with E-state index in [1.807, 2.05) is 35.8 Å². The van der Waals surface area contributed by atoms with Gasteiger partial charge in [-0.1, -0.05) is 48.7 Å². The molecule has 0 radical (unpaired) electrons. The highest BCUT2D eigenvalue weighted by atomic mass is 35.5. The molecule has 0 saturated carbocycles. The molecule has 1 N–H and O–H groups in total. The average Bonchev–Trinajstić information content (AvgIpc) is 2.98. The summed E-state index contributed by atoms with van der Waals surface area (Å²) in [6.07, 6.45) is 1.97. The quantitative estimate of drug-likeness (QED) is 0.543. The molecular formula is C21H23Cl2N3O2. The molecule has 0 bridgehead atoms.